The van der Waals surface area contributed by atoms with E-state index in [1.165, 1.54) is 6.42 Å². The smallest absolute Gasteiger partial charge is 0.387 e. The van der Waals surface area contributed by atoms with Crippen molar-refractivity contribution in [3.63, 3.8) is 0 Å². The van der Waals surface area contributed by atoms with Crippen molar-refractivity contribution in [3.8, 4) is 0 Å². The first-order valence-corrected chi connectivity index (χ1v) is 23.3. The molecule has 8 nitrogen and oxygen atoms in total. The van der Waals surface area contributed by atoms with Crippen LogP contribution in [0.5, 0.6) is 0 Å². The predicted octanol–water partition coefficient (Wildman–Crippen LogP) is 12.1. The number of rotatable bonds is 37. The monoisotopic (exact) mass is 814 g/mol. The number of phosphoric acid groups is 1. The van der Waals surface area contributed by atoms with Crippen molar-refractivity contribution < 1.29 is 32.9 Å². The van der Waals surface area contributed by atoms with Crippen LogP contribution in [0, 0.1) is 0 Å². The number of phosphoric ester groups is 1. The average molecular weight is 814 g/mol. The lowest BCUT2D eigenvalue weighted by molar-refractivity contribution is -0.870. The highest BCUT2D eigenvalue weighted by Crippen LogP contribution is 2.43. The van der Waals surface area contributed by atoms with Gasteiger partial charge in [0.15, 0.2) is 0 Å². The highest BCUT2D eigenvalue weighted by Gasteiger charge is 2.27. The fraction of sp³-hybridized carbons (Fsp3) is 0.604. The van der Waals surface area contributed by atoms with Gasteiger partial charge in [-0.1, -0.05) is 149 Å². The number of carbonyl (C=O) groups is 1. The second kappa shape index (κ2) is 38.7. The molecule has 9 heteroatoms. The van der Waals surface area contributed by atoms with E-state index in [-0.39, 0.29) is 19.1 Å². The Balaban J connectivity index is 4.38. The zero-order valence-electron chi connectivity index (χ0n) is 36.5. The lowest BCUT2D eigenvalue weighted by atomic mass is 10.1. The van der Waals surface area contributed by atoms with Crippen LogP contribution in [0.1, 0.15) is 136 Å². The number of nitrogens with one attached hydrogen (secondary N) is 1. The molecule has 0 aromatic carbocycles. The Morgan fingerprint density at radius 1 is 0.596 bits per heavy atom. The molecule has 324 valence electrons. The Kier molecular flexibility index (Phi) is 36.7. The number of allylic oxidation sites excluding steroid dienone is 17. The molecule has 0 aliphatic rings. The molecule has 1 amide bonds. The number of unbranched alkanes of at least 4 members (excludes halogenated alkanes) is 8. The molecule has 57 heavy (non-hydrogen) atoms. The van der Waals surface area contributed by atoms with E-state index >= 15 is 0 Å². The minimum atomic E-state index is -4.36. The van der Waals surface area contributed by atoms with Crippen LogP contribution in [0.2, 0.25) is 0 Å². The van der Waals surface area contributed by atoms with Gasteiger partial charge in [0.05, 0.1) is 39.9 Å². The molecule has 0 fully saturated rings. The molecule has 0 heterocycles. The number of carbonyl (C=O) groups excluding carboxylic acids is 1. The lowest BCUT2D eigenvalue weighted by Crippen LogP contribution is -2.45. The van der Waals surface area contributed by atoms with Crippen molar-refractivity contribution in [2.24, 2.45) is 0 Å². The molecule has 0 saturated heterocycles. The fourth-order valence-corrected chi connectivity index (χ4v) is 6.05. The molecule has 3 unspecified atom stereocenters. The van der Waals surface area contributed by atoms with Gasteiger partial charge in [-0.15, -0.1) is 0 Å². The van der Waals surface area contributed by atoms with Crippen LogP contribution in [0.4, 0.5) is 0 Å². The van der Waals surface area contributed by atoms with E-state index in [0.717, 1.165) is 109 Å². The second-order valence-corrected chi connectivity index (χ2v) is 16.7. The minimum absolute atomic E-state index is 0.0433. The number of aliphatic hydroxyl groups is 1. The summed E-state index contributed by atoms with van der Waals surface area (Å²) in [5, 5.41) is 13.7. The minimum Gasteiger partial charge on any atom is -0.387 e. The quantitative estimate of drug-likeness (QED) is 0.0250. The van der Waals surface area contributed by atoms with E-state index in [4.69, 9.17) is 9.05 Å². The summed E-state index contributed by atoms with van der Waals surface area (Å²) in [5.74, 6) is -0.215. The van der Waals surface area contributed by atoms with Crippen LogP contribution in [-0.2, 0) is 18.4 Å². The van der Waals surface area contributed by atoms with Gasteiger partial charge in [-0.3, -0.25) is 13.8 Å². The third kappa shape index (κ3) is 41.1. The summed E-state index contributed by atoms with van der Waals surface area (Å²) >= 11 is 0. The number of amides is 1. The van der Waals surface area contributed by atoms with Gasteiger partial charge in [-0.2, -0.15) is 0 Å². The molecule has 0 aromatic rings. The molecule has 0 bridgehead atoms. The predicted molar refractivity (Wildman–Crippen MR) is 244 cm³/mol. The number of hydrogen-bond donors (Lipinski definition) is 3. The molecule has 3 atom stereocenters. The van der Waals surface area contributed by atoms with Crippen LogP contribution < -0.4 is 5.32 Å². The van der Waals surface area contributed by atoms with Gasteiger partial charge in [0.2, 0.25) is 5.91 Å². The summed E-state index contributed by atoms with van der Waals surface area (Å²) in [6.45, 7) is 4.49. The van der Waals surface area contributed by atoms with E-state index in [1.54, 1.807) is 6.08 Å². The Hall–Kier alpha value is -2.84. The number of nitrogens with zero attached hydrogens (tertiary/aromatic N) is 1. The summed E-state index contributed by atoms with van der Waals surface area (Å²) in [6, 6.07) is -0.883. The Labute approximate surface area is 349 Å². The highest BCUT2D eigenvalue weighted by atomic mass is 31.2. The maximum atomic E-state index is 12.8. The summed E-state index contributed by atoms with van der Waals surface area (Å²) in [4.78, 5) is 23.1. The molecule has 0 aliphatic carbocycles. The number of likely N-dealkylation sites (N-methyl/N-ethyl adjacent to an activating group) is 1. The number of hydrogen-bond acceptors (Lipinski definition) is 5. The molecule has 0 spiro atoms. The van der Waals surface area contributed by atoms with Gasteiger partial charge in [0, 0.05) is 6.42 Å². The molecule has 0 radical (unpaired) electrons. The van der Waals surface area contributed by atoms with Gasteiger partial charge < -0.3 is 19.8 Å². The largest absolute Gasteiger partial charge is 0.472 e. The maximum absolute atomic E-state index is 12.8. The topological polar surface area (TPSA) is 105 Å². The van der Waals surface area contributed by atoms with Crippen LogP contribution >= 0.6 is 7.82 Å². The first-order valence-electron chi connectivity index (χ1n) is 21.8. The summed E-state index contributed by atoms with van der Waals surface area (Å²) in [6.07, 6.45) is 56.0. The van der Waals surface area contributed by atoms with Crippen LogP contribution in [0.25, 0.3) is 0 Å². The fourth-order valence-electron chi connectivity index (χ4n) is 5.32. The van der Waals surface area contributed by atoms with Crippen molar-refractivity contribution in [1.29, 1.82) is 0 Å². The van der Waals surface area contributed by atoms with Crippen LogP contribution in [0.15, 0.2) is 109 Å². The third-order valence-electron chi connectivity index (χ3n) is 8.72. The van der Waals surface area contributed by atoms with Crippen LogP contribution in [-0.4, -0.2) is 73.4 Å². The van der Waals surface area contributed by atoms with E-state index < -0.39 is 20.0 Å². The van der Waals surface area contributed by atoms with Crippen molar-refractivity contribution in [1.82, 2.24) is 5.32 Å². The number of aliphatic hydroxyl groups excluding tert-OH is 1. The highest BCUT2D eigenvalue weighted by molar-refractivity contribution is 7.47. The second-order valence-electron chi connectivity index (χ2n) is 15.3. The molecular weight excluding hydrogens is 732 g/mol. The molecule has 0 rings (SSSR count). The lowest BCUT2D eigenvalue weighted by Gasteiger charge is -2.25. The van der Waals surface area contributed by atoms with Gasteiger partial charge in [0.25, 0.3) is 0 Å². The Morgan fingerprint density at radius 3 is 1.54 bits per heavy atom. The summed E-state index contributed by atoms with van der Waals surface area (Å²) in [5.41, 5.74) is 0. The van der Waals surface area contributed by atoms with E-state index in [1.807, 2.05) is 27.2 Å². The normalized spacial score (nSPS) is 15.4. The summed E-state index contributed by atoms with van der Waals surface area (Å²) in [7, 11) is 1.51. The average Bonchev–Trinajstić information content (AvgIpc) is 3.16. The molecule has 0 aliphatic heterocycles. The van der Waals surface area contributed by atoms with Gasteiger partial charge in [0.1, 0.15) is 13.2 Å². The Morgan fingerprint density at radius 2 is 1.02 bits per heavy atom. The standard InChI is InChI=1S/C48H81N2O6P/c1-6-8-10-12-14-16-18-19-20-21-22-23-24-25-26-27-28-29-30-31-32-34-36-38-40-42-48(52)49-46(45-56-57(53,54)55-44-43-50(3,4)5)47(51)41-39-37-35-33-17-15-13-11-9-7-2/h8-11,14,16-17,19-20,22-23,25-26,28-29,33,39,41,46-47,51H,6-7,12-13,15,18,21,24,27,30-32,34-38,40,42-45H2,1-5H3,(H-,49,52,53,54)/p+1/b10-8-,11-9+,16-14-,20-19-,23-22-,26-25-,29-28-,33-17+,41-39+. The van der Waals surface area contributed by atoms with Crippen molar-refractivity contribution >= 4 is 13.7 Å². The Bertz CT molecular complexity index is 1290. The third-order valence-corrected chi connectivity index (χ3v) is 9.70. The first kappa shape index (κ1) is 54.2. The first-order chi connectivity index (χ1) is 27.5. The van der Waals surface area contributed by atoms with Crippen molar-refractivity contribution in [3.05, 3.63) is 109 Å². The summed E-state index contributed by atoms with van der Waals surface area (Å²) < 4.78 is 23.4. The molecule has 0 aromatic heterocycles. The van der Waals surface area contributed by atoms with E-state index in [9.17, 15) is 19.4 Å². The molecule has 3 N–H and O–H groups in total. The van der Waals surface area contributed by atoms with Gasteiger partial charge >= 0.3 is 7.82 Å². The maximum Gasteiger partial charge on any atom is 0.472 e. The number of quaternary nitrogens is 1. The van der Waals surface area contributed by atoms with Gasteiger partial charge in [-0.25, -0.2) is 4.57 Å². The zero-order chi connectivity index (χ0) is 42.1. The zero-order valence-corrected chi connectivity index (χ0v) is 37.4. The van der Waals surface area contributed by atoms with E-state index in [2.05, 4.69) is 116 Å². The van der Waals surface area contributed by atoms with Gasteiger partial charge in [-0.05, 0) is 89.9 Å². The van der Waals surface area contributed by atoms with Crippen molar-refractivity contribution in [2.75, 3.05) is 40.9 Å². The van der Waals surface area contributed by atoms with Crippen molar-refractivity contribution in [2.45, 2.75) is 148 Å². The SMILES string of the molecule is CC/C=C\C/C=C\C/C=C\C/C=C\C/C=C\C/C=C\CCCCCCCCC(=O)NC(COP(=O)(O)OCC[N+](C)(C)C)C(O)/C=C/CC/C=C/CC/C=C/CC. The molecule has 0 saturated carbocycles. The van der Waals surface area contributed by atoms with E-state index in [0.29, 0.717) is 17.4 Å². The molecular formula is C48H82N2O6P+. The van der Waals surface area contributed by atoms with Crippen LogP contribution in [0.3, 0.4) is 0 Å².